The third-order valence-electron chi connectivity index (χ3n) is 6.45. The number of hydrogen-bond acceptors (Lipinski definition) is 6. The Balaban J connectivity index is 1.23. The van der Waals surface area contributed by atoms with Crippen LogP contribution in [-0.4, -0.2) is 54.2 Å². The molecule has 1 aliphatic heterocycles. The Morgan fingerprint density at radius 1 is 0.919 bits per heavy atom. The van der Waals surface area contributed by atoms with Gasteiger partial charge in [-0.05, 0) is 79.9 Å². The highest BCUT2D eigenvalue weighted by atomic mass is 19.1. The number of halogens is 1. The monoisotopic (exact) mass is 504 g/mol. The number of carbonyl (C=O) groups excluding carboxylic acids is 3. The van der Waals surface area contributed by atoms with Crippen LogP contribution in [0.1, 0.15) is 56.9 Å². The lowest BCUT2D eigenvalue weighted by atomic mass is 9.88. The molecule has 1 fully saturated rings. The smallest absolute Gasteiger partial charge is 0.255 e. The van der Waals surface area contributed by atoms with Crippen LogP contribution in [0.2, 0.25) is 0 Å². The van der Waals surface area contributed by atoms with Crippen LogP contribution in [0.5, 0.6) is 11.5 Å². The summed E-state index contributed by atoms with van der Waals surface area (Å²) in [5.74, 6) is 0.581. The number of rotatable bonds is 10. The van der Waals surface area contributed by atoms with Gasteiger partial charge >= 0.3 is 0 Å². The van der Waals surface area contributed by atoms with E-state index in [1.54, 1.807) is 48.4 Å². The number of piperidine rings is 1. The molecule has 4 rings (SSSR count). The summed E-state index contributed by atoms with van der Waals surface area (Å²) in [4.78, 5) is 44.1. The van der Waals surface area contributed by atoms with Crippen LogP contribution in [0, 0.1) is 11.7 Å². The molecular weight excluding hydrogens is 475 g/mol. The van der Waals surface area contributed by atoms with Crippen molar-refractivity contribution in [3.63, 3.8) is 0 Å². The van der Waals surface area contributed by atoms with Gasteiger partial charge in [0, 0.05) is 37.2 Å². The maximum Gasteiger partial charge on any atom is 0.255 e. The number of likely N-dealkylation sites (tertiary alicyclic amines) is 1. The summed E-state index contributed by atoms with van der Waals surface area (Å²) in [6.45, 7) is 1.30. The highest BCUT2D eigenvalue weighted by Crippen LogP contribution is 2.24. The second-order valence-electron chi connectivity index (χ2n) is 8.92. The molecule has 0 N–H and O–H groups in total. The number of methoxy groups -OCH3 is 1. The Bertz CT molecular complexity index is 1220. The van der Waals surface area contributed by atoms with Gasteiger partial charge in [-0.15, -0.1) is 0 Å². The molecule has 2 heterocycles. The van der Waals surface area contributed by atoms with E-state index >= 15 is 0 Å². The van der Waals surface area contributed by atoms with E-state index in [1.165, 1.54) is 30.5 Å². The number of Topliss-reactive ketones (excluding diaryl/α,β-unsaturated/α-hetero) is 2. The second-order valence-corrected chi connectivity index (χ2v) is 8.92. The predicted molar refractivity (Wildman–Crippen MR) is 136 cm³/mol. The first-order valence-corrected chi connectivity index (χ1v) is 12.3. The molecule has 192 valence electrons. The zero-order chi connectivity index (χ0) is 26.2. The first-order chi connectivity index (χ1) is 17.9. The van der Waals surface area contributed by atoms with Crippen LogP contribution in [-0.2, 0) is 0 Å². The van der Waals surface area contributed by atoms with E-state index in [0.29, 0.717) is 67.3 Å². The predicted octanol–water partition coefficient (Wildman–Crippen LogP) is 5.01. The average molecular weight is 505 g/mol. The highest BCUT2D eigenvalue weighted by Gasteiger charge is 2.28. The minimum Gasteiger partial charge on any atom is -0.497 e. The molecule has 7 nitrogen and oxygen atoms in total. The molecular formula is C29H29FN2O5. The topological polar surface area (TPSA) is 85.8 Å². The van der Waals surface area contributed by atoms with Crippen LogP contribution in [0.3, 0.4) is 0 Å². The molecule has 0 unspecified atom stereocenters. The summed E-state index contributed by atoms with van der Waals surface area (Å²) < 4.78 is 23.6. The Morgan fingerprint density at radius 3 is 2.19 bits per heavy atom. The molecule has 0 spiro atoms. The fourth-order valence-corrected chi connectivity index (χ4v) is 4.29. The molecule has 0 saturated carbocycles. The van der Waals surface area contributed by atoms with Gasteiger partial charge in [-0.1, -0.05) is 0 Å². The second kappa shape index (κ2) is 12.3. The zero-order valence-corrected chi connectivity index (χ0v) is 20.7. The SMILES string of the molecule is COc1ccc(C(=O)C2CCN(C(=O)c3ccc(C(=O)CCCOc4ccc(F)cc4)nc3)CC2)cc1. The van der Waals surface area contributed by atoms with Crippen molar-refractivity contribution in [1.29, 1.82) is 0 Å². The lowest BCUT2D eigenvalue weighted by Crippen LogP contribution is -2.40. The van der Waals surface area contributed by atoms with Crippen molar-refractivity contribution in [2.75, 3.05) is 26.8 Å². The minimum atomic E-state index is -0.333. The van der Waals surface area contributed by atoms with E-state index in [1.807, 2.05) is 0 Å². The van der Waals surface area contributed by atoms with E-state index < -0.39 is 0 Å². The molecule has 0 aliphatic carbocycles. The third-order valence-corrected chi connectivity index (χ3v) is 6.45. The van der Waals surface area contributed by atoms with Gasteiger partial charge in [0.1, 0.15) is 23.0 Å². The third kappa shape index (κ3) is 6.78. The Morgan fingerprint density at radius 2 is 1.57 bits per heavy atom. The molecule has 2 aromatic carbocycles. The van der Waals surface area contributed by atoms with Gasteiger partial charge in [0.25, 0.3) is 5.91 Å². The van der Waals surface area contributed by atoms with Crippen molar-refractivity contribution in [1.82, 2.24) is 9.88 Å². The fourth-order valence-electron chi connectivity index (χ4n) is 4.29. The molecule has 37 heavy (non-hydrogen) atoms. The number of carbonyl (C=O) groups is 3. The standard InChI is InChI=1S/C29H29FN2O5/c1-36-24-9-4-20(5-10-24)28(34)21-14-16-32(17-15-21)29(35)22-6-13-26(31-19-22)27(33)3-2-18-37-25-11-7-23(30)8-12-25/h4-13,19,21H,2-3,14-18H2,1H3. The summed E-state index contributed by atoms with van der Waals surface area (Å²) in [5, 5.41) is 0. The highest BCUT2D eigenvalue weighted by molar-refractivity contribution is 5.99. The molecule has 1 aliphatic rings. The number of ether oxygens (including phenoxy) is 2. The molecule has 0 radical (unpaired) electrons. The Hall–Kier alpha value is -4.07. The number of aromatic nitrogens is 1. The molecule has 3 aromatic rings. The van der Waals surface area contributed by atoms with Gasteiger partial charge in [-0.2, -0.15) is 0 Å². The lowest BCUT2D eigenvalue weighted by molar-refractivity contribution is 0.0650. The first kappa shape index (κ1) is 26.0. The summed E-state index contributed by atoms with van der Waals surface area (Å²) in [6, 6.07) is 16.0. The molecule has 0 bridgehead atoms. The summed E-state index contributed by atoms with van der Waals surface area (Å²) in [5.41, 5.74) is 1.36. The van der Waals surface area contributed by atoms with Crippen molar-refractivity contribution >= 4 is 17.5 Å². The van der Waals surface area contributed by atoms with Crippen LogP contribution in [0.25, 0.3) is 0 Å². The van der Waals surface area contributed by atoms with Gasteiger partial charge in [0.05, 0.1) is 19.3 Å². The molecule has 1 saturated heterocycles. The quantitative estimate of drug-likeness (QED) is 0.285. The number of nitrogens with zero attached hydrogens (tertiary/aromatic N) is 2. The van der Waals surface area contributed by atoms with Crippen LogP contribution in [0.15, 0.2) is 66.9 Å². The van der Waals surface area contributed by atoms with Crippen molar-refractivity contribution in [3.8, 4) is 11.5 Å². The number of pyridine rings is 1. The molecule has 1 amide bonds. The summed E-state index contributed by atoms with van der Waals surface area (Å²) in [6.07, 6.45) is 3.36. The maximum atomic E-state index is 12.9. The molecule has 8 heteroatoms. The fraction of sp³-hybridized carbons (Fsp3) is 0.310. The van der Waals surface area contributed by atoms with Crippen molar-refractivity contribution in [2.24, 2.45) is 5.92 Å². The van der Waals surface area contributed by atoms with Crippen molar-refractivity contribution in [3.05, 3.63) is 89.5 Å². The lowest BCUT2D eigenvalue weighted by Gasteiger charge is -2.31. The van der Waals surface area contributed by atoms with Gasteiger partial charge in [0.15, 0.2) is 11.6 Å². The molecule has 1 aromatic heterocycles. The summed E-state index contributed by atoms with van der Waals surface area (Å²) >= 11 is 0. The summed E-state index contributed by atoms with van der Waals surface area (Å²) in [7, 11) is 1.58. The minimum absolute atomic E-state index is 0.0855. The average Bonchev–Trinajstić information content (AvgIpc) is 2.95. The van der Waals surface area contributed by atoms with E-state index in [4.69, 9.17) is 9.47 Å². The number of benzene rings is 2. The van der Waals surface area contributed by atoms with Crippen LogP contribution in [0.4, 0.5) is 4.39 Å². The Kier molecular flexibility index (Phi) is 8.61. The van der Waals surface area contributed by atoms with Gasteiger partial charge < -0.3 is 14.4 Å². The van der Waals surface area contributed by atoms with E-state index in [9.17, 15) is 18.8 Å². The molecule has 0 atom stereocenters. The number of ketones is 2. The van der Waals surface area contributed by atoms with Crippen LogP contribution < -0.4 is 9.47 Å². The Labute approximate surface area is 215 Å². The zero-order valence-electron chi connectivity index (χ0n) is 20.7. The normalized spacial score (nSPS) is 13.7. The maximum absolute atomic E-state index is 12.9. The van der Waals surface area contributed by atoms with Gasteiger partial charge in [0.2, 0.25) is 0 Å². The largest absolute Gasteiger partial charge is 0.497 e. The van der Waals surface area contributed by atoms with Crippen molar-refractivity contribution < 1.29 is 28.2 Å². The number of amides is 1. The van der Waals surface area contributed by atoms with E-state index in [2.05, 4.69) is 4.98 Å². The van der Waals surface area contributed by atoms with Crippen LogP contribution >= 0.6 is 0 Å². The van der Waals surface area contributed by atoms with Gasteiger partial charge in [-0.25, -0.2) is 4.39 Å². The van der Waals surface area contributed by atoms with Crippen molar-refractivity contribution in [2.45, 2.75) is 25.7 Å². The number of hydrogen-bond donors (Lipinski definition) is 0. The first-order valence-electron chi connectivity index (χ1n) is 12.3. The van der Waals surface area contributed by atoms with Gasteiger partial charge in [-0.3, -0.25) is 19.4 Å². The van der Waals surface area contributed by atoms with E-state index in [0.717, 1.165) is 0 Å². The van der Waals surface area contributed by atoms with E-state index in [-0.39, 0.29) is 35.6 Å².